The molecular formula is C19H23ClN4O. The van der Waals surface area contributed by atoms with Gasteiger partial charge in [0.2, 0.25) is 5.91 Å². The van der Waals surface area contributed by atoms with Crippen LogP contribution in [0.5, 0.6) is 0 Å². The molecule has 1 aliphatic heterocycles. The summed E-state index contributed by atoms with van der Waals surface area (Å²) in [6, 6.07) is 10.1. The van der Waals surface area contributed by atoms with E-state index in [0.717, 1.165) is 49.2 Å². The van der Waals surface area contributed by atoms with Gasteiger partial charge in [-0.25, -0.2) is 4.98 Å². The third-order valence-electron chi connectivity index (χ3n) is 4.42. The number of carbonyl (C=O) groups excluding carboxylic acids is 1. The van der Waals surface area contributed by atoms with E-state index in [0.29, 0.717) is 18.2 Å². The minimum Gasteiger partial charge on any atom is -0.352 e. The number of benzene rings is 1. The van der Waals surface area contributed by atoms with Gasteiger partial charge in [-0.05, 0) is 12.1 Å². The largest absolute Gasteiger partial charge is 0.352 e. The summed E-state index contributed by atoms with van der Waals surface area (Å²) in [6.07, 6.45) is 1.69. The molecule has 3 rings (SSSR count). The Hall–Kier alpha value is -1.95. The lowest BCUT2D eigenvalue weighted by Gasteiger charge is -2.34. The van der Waals surface area contributed by atoms with E-state index in [1.165, 1.54) is 0 Å². The number of aromatic nitrogens is 1. The number of pyridine rings is 1. The molecule has 6 heteroatoms. The maximum atomic E-state index is 11.8. The molecular weight excluding hydrogens is 336 g/mol. The summed E-state index contributed by atoms with van der Waals surface area (Å²) in [5.74, 6) is 0.0510. The first kappa shape index (κ1) is 17.9. The van der Waals surface area contributed by atoms with Gasteiger partial charge in [-0.2, -0.15) is 0 Å². The van der Waals surface area contributed by atoms with Crippen molar-refractivity contribution in [1.29, 1.82) is 0 Å². The molecule has 1 aromatic heterocycles. The highest BCUT2D eigenvalue weighted by Crippen LogP contribution is 2.22. The van der Waals surface area contributed by atoms with Gasteiger partial charge in [0.05, 0.1) is 12.1 Å². The van der Waals surface area contributed by atoms with Crippen LogP contribution in [0.1, 0.15) is 5.56 Å². The quantitative estimate of drug-likeness (QED) is 0.636. The standard InChI is InChI=1S/C19H23ClN4O/c1-2-7-21-18(25)14-24-10-8-23(9-11-24)13-16-12-15-5-3-4-6-17(15)22-19(16)20/h2-6,12H,1,7-11,13-14H2,(H,21,25). The molecule has 1 aliphatic rings. The Morgan fingerprint density at radius 2 is 1.96 bits per heavy atom. The molecule has 0 radical (unpaired) electrons. The van der Waals surface area contributed by atoms with E-state index in [4.69, 9.17) is 11.6 Å². The zero-order valence-corrected chi connectivity index (χ0v) is 15.0. The Morgan fingerprint density at radius 3 is 2.72 bits per heavy atom. The van der Waals surface area contributed by atoms with Crippen molar-refractivity contribution in [2.75, 3.05) is 39.3 Å². The number of halogens is 1. The van der Waals surface area contributed by atoms with Crippen LogP contribution >= 0.6 is 11.6 Å². The summed E-state index contributed by atoms with van der Waals surface area (Å²) >= 11 is 6.36. The van der Waals surface area contributed by atoms with Crippen LogP contribution in [-0.4, -0.2) is 60.0 Å². The molecule has 0 aliphatic carbocycles. The van der Waals surface area contributed by atoms with Gasteiger partial charge < -0.3 is 5.32 Å². The van der Waals surface area contributed by atoms with Gasteiger partial charge in [0, 0.05) is 50.2 Å². The van der Waals surface area contributed by atoms with Crippen LogP contribution in [0.25, 0.3) is 10.9 Å². The van der Waals surface area contributed by atoms with Crippen LogP contribution in [0, 0.1) is 0 Å². The smallest absolute Gasteiger partial charge is 0.234 e. The molecule has 1 fully saturated rings. The van der Waals surface area contributed by atoms with Gasteiger partial charge in [-0.1, -0.05) is 35.9 Å². The lowest BCUT2D eigenvalue weighted by Crippen LogP contribution is -2.49. The third kappa shape index (κ3) is 4.78. The first-order chi connectivity index (χ1) is 12.2. The molecule has 0 atom stereocenters. The van der Waals surface area contributed by atoms with Crippen molar-refractivity contribution in [3.63, 3.8) is 0 Å². The molecule has 2 heterocycles. The fourth-order valence-corrected chi connectivity index (χ4v) is 3.24. The number of rotatable bonds is 6. The van der Waals surface area contributed by atoms with Crippen molar-refractivity contribution in [3.05, 3.63) is 53.7 Å². The summed E-state index contributed by atoms with van der Waals surface area (Å²) in [4.78, 5) is 20.8. The van der Waals surface area contributed by atoms with Gasteiger partial charge in [0.25, 0.3) is 0 Å². The second kappa shape index (κ2) is 8.43. The number of carbonyl (C=O) groups is 1. The van der Waals surface area contributed by atoms with Crippen molar-refractivity contribution < 1.29 is 4.79 Å². The zero-order valence-electron chi connectivity index (χ0n) is 14.2. The minimum absolute atomic E-state index is 0.0510. The van der Waals surface area contributed by atoms with Crippen LogP contribution in [-0.2, 0) is 11.3 Å². The van der Waals surface area contributed by atoms with Crippen molar-refractivity contribution >= 4 is 28.4 Å². The van der Waals surface area contributed by atoms with E-state index in [-0.39, 0.29) is 5.91 Å². The predicted molar refractivity (Wildman–Crippen MR) is 102 cm³/mol. The summed E-state index contributed by atoms with van der Waals surface area (Å²) < 4.78 is 0. The lowest BCUT2D eigenvalue weighted by atomic mass is 10.1. The van der Waals surface area contributed by atoms with Gasteiger partial charge in [-0.15, -0.1) is 6.58 Å². The maximum absolute atomic E-state index is 11.8. The molecule has 0 saturated carbocycles. The van der Waals surface area contributed by atoms with Gasteiger partial charge in [-0.3, -0.25) is 14.6 Å². The highest BCUT2D eigenvalue weighted by atomic mass is 35.5. The van der Waals surface area contributed by atoms with E-state index < -0.39 is 0 Å². The molecule has 0 unspecified atom stereocenters. The Balaban J connectivity index is 1.54. The number of amides is 1. The first-order valence-corrected chi connectivity index (χ1v) is 8.90. The Kier molecular flexibility index (Phi) is 6.02. The van der Waals surface area contributed by atoms with Crippen molar-refractivity contribution in [2.24, 2.45) is 0 Å². The molecule has 1 N–H and O–H groups in total. The Labute approximate surface area is 153 Å². The summed E-state index contributed by atoms with van der Waals surface area (Å²) in [5.41, 5.74) is 1.98. The number of hydrogen-bond acceptors (Lipinski definition) is 4. The normalized spacial score (nSPS) is 16.0. The molecule has 2 aromatic rings. The van der Waals surface area contributed by atoms with Crippen LogP contribution in [0.4, 0.5) is 0 Å². The summed E-state index contributed by atoms with van der Waals surface area (Å²) in [5, 5.41) is 4.50. The average molecular weight is 359 g/mol. The highest BCUT2D eigenvalue weighted by molar-refractivity contribution is 6.30. The van der Waals surface area contributed by atoms with Crippen molar-refractivity contribution in [2.45, 2.75) is 6.54 Å². The third-order valence-corrected chi connectivity index (χ3v) is 4.75. The Bertz CT molecular complexity index is 756. The van der Waals surface area contributed by atoms with Crippen LogP contribution in [0.15, 0.2) is 43.0 Å². The molecule has 0 spiro atoms. The lowest BCUT2D eigenvalue weighted by molar-refractivity contribution is -0.122. The molecule has 1 saturated heterocycles. The number of nitrogens with zero attached hydrogens (tertiary/aromatic N) is 3. The second-order valence-electron chi connectivity index (χ2n) is 6.28. The van der Waals surface area contributed by atoms with Crippen LogP contribution in [0.2, 0.25) is 5.15 Å². The monoisotopic (exact) mass is 358 g/mol. The van der Waals surface area contributed by atoms with Gasteiger partial charge in [0.1, 0.15) is 5.15 Å². The first-order valence-electron chi connectivity index (χ1n) is 8.52. The van der Waals surface area contributed by atoms with E-state index in [1.54, 1.807) is 6.08 Å². The SMILES string of the molecule is C=CCNC(=O)CN1CCN(Cc2cc3ccccc3nc2Cl)CC1. The molecule has 132 valence electrons. The second-order valence-corrected chi connectivity index (χ2v) is 6.63. The van der Waals surface area contributed by atoms with Crippen molar-refractivity contribution in [3.8, 4) is 0 Å². The van der Waals surface area contributed by atoms with Gasteiger partial charge >= 0.3 is 0 Å². The summed E-state index contributed by atoms with van der Waals surface area (Å²) in [6.45, 7) is 8.93. The van der Waals surface area contributed by atoms with E-state index in [1.807, 2.05) is 18.2 Å². The zero-order chi connectivity index (χ0) is 17.6. The average Bonchev–Trinajstić information content (AvgIpc) is 2.62. The number of piperazine rings is 1. The molecule has 1 amide bonds. The van der Waals surface area contributed by atoms with E-state index in [2.05, 4.69) is 38.8 Å². The number of hydrogen-bond donors (Lipinski definition) is 1. The Morgan fingerprint density at radius 1 is 1.24 bits per heavy atom. The predicted octanol–water partition coefficient (Wildman–Crippen LogP) is 2.31. The van der Waals surface area contributed by atoms with Crippen LogP contribution in [0.3, 0.4) is 0 Å². The molecule has 25 heavy (non-hydrogen) atoms. The molecule has 0 bridgehead atoms. The molecule has 1 aromatic carbocycles. The minimum atomic E-state index is 0.0510. The highest BCUT2D eigenvalue weighted by Gasteiger charge is 2.19. The maximum Gasteiger partial charge on any atom is 0.234 e. The van der Waals surface area contributed by atoms with E-state index >= 15 is 0 Å². The van der Waals surface area contributed by atoms with E-state index in [9.17, 15) is 4.79 Å². The van der Waals surface area contributed by atoms with Crippen LogP contribution < -0.4 is 5.32 Å². The number of nitrogens with one attached hydrogen (secondary N) is 1. The fourth-order valence-electron chi connectivity index (χ4n) is 3.04. The van der Waals surface area contributed by atoms with Gasteiger partial charge in [0.15, 0.2) is 0 Å². The topological polar surface area (TPSA) is 48.5 Å². The number of fused-ring (bicyclic) bond motifs is 1. The fraction of sp³-hybridized carbons (Fsp3) is 0.368. The number of para-hydroxylation sites is 1. The summed E-state index contributed by atoms with van der Waals surface area (Å²) in [7, 11) is 0. The van der Waals surface area contributed by atoms with Crippen molar-refractivity contribution in [1.82, 2.24) is 20.1 Å². The molecule has 5 nitrogen and oxygen atoms in total.